The molecule has 0 unspecified atom stereocenters. The van der Waals surface area contributed by atoms with Crippen LogP contribution < -0.4 is 4.74 Å². The molecule has 1 aliphatic rings. The summed E-state index contributed by atoms with van der Waals surface area (Å²) in [4.78, 5) is 18.2. The van der Waals surface area contributed by atoms with Crippen LogP contribution in [0, 0.1) is 0 Å². The van der Waals surface area contributed by atoms with Crippen molar-refractivity contribution in [2.45, 2.75) is 39.2 Å². The van der Waals surface area contributed by atoms with E-state index in [0.29, 0.717) is 19.0 Å². The second-order valence-electron chi connectivity index (χ2n) is 7.76. The topological polar surface area (TPSA) is 51.7 Å². The summed E-state index contributed by atoms with van der Waals surface area (Å²) in [6.07, 6.45) is 5.34. The smallest absolute Gasteiger partial charge is 0.410 e. The normalized spacial score (nSPS) is 14.6. The van der Waals surface area contributed by atoms with Crippen molar-refractivity contribution in [1.29, 1.82) is 0 Å². The van der Waals surface area contributed by atoms with Gasteiger partial charge in [0.05, 0.1) is 0 Å². The molecular weight excluding hydrogens is 420 g/mol. The minimum atomic E-state index is -0.461. The van der Waals surface area contributed by atoms with Crippen molar-refractivity contribution in [3.63, 3.8) is 0 Å². The molecular formula is C22H25BrN2O3. The highest BCUT2D eigenvalue weighted by Crippen LogP contribution is 2.25. The van der Waals surface area contributed by atoms with E-state index in [2.05, 4.69) is 33.1 Å². The van der Waals surface area contributed by atoms with E-state index in [1.165, 1.54) is 5.57 Å². The summed E-state index contributed by atoms with van der Waals surface area (Å²) in [5.74, 6) is 1.30. The maximum Gasteiger partial charge on any atom is 0.410 e. The monoisotopic (exact) mass is 444 g/mol. The first-order chi connectivity index (χ1) is 13.3. The predicted molar refractivity (Wildman–Crippen MR) is 113 cm³/mol. The van der Waals surface area contributed by atoms with Gasteiger partial charge in [-0.1, -0.05) is 23.8 Å². The van der Waals surface area contributed by atoms with Crippen LogP contribution in [0.15, 0.2) is 52.6 Å². The molecule has 0 bridgehead atoms. The lowest BCUT2D eigenvalue weighted by Gasteiger charge is -2.31. The number of piperidine rings is 1. The number of hydrogen-bond acceptors (Lipinski definition) is 4. The zero-order valence-corrected chi connectivity index (χ0v) is 18.0. The second-order valence-corrected chi connectivity index (χ2v) is 8.67. The zero-order valence-electron chi connectivity index (χ0n) is 16.4. The molecule has 6 heteroatoms. The molecule has 0 saturated carbocycles. The number of rotatable bonds is 3. The van der Waals surface area contributed by atoms with E-state index in [0.717, 1.165) is 28.6 Å². The Hall–Kier alpha value is -2.34. The maximum absolute atomic E-state index is 12.2. The molecule has 28 heavy (non-hydrogen) atoms. The van der Waals surface area contributed by atoms with Crippen LogP contribution in [0.5, 0.6) is 11.6 Å². The SMILES string of the molecule is CC(C)(C)OC(=O)N1CCC(=Cc2cccc(Oc3ccc(Br)cn3)c2)CC1. The molecule has 1 aromatic carbocycles. The lowest BCUT2D eigenvalue weighted by atomic mass is 10.0. The minimum absolute atomic E-state index is 0.232. The molecule has 5 nitrogen and oxygen atoms in total. The van der Waals surface area contributed by atoms with Crippen molar-refractivity contribution in [2.75, 3.05) is 13.1 Å². The first kappa shape index (κ1) is 20.4. The lowest BCUT2D eigenvalue weighted by molar-refractivity contribution is 0.0237. The van der Waals surface area contributed by atoms with E-state index in [-0.39, 0.29) is 6.09 Å². The molecule has 1 fully saturated rings. The average Bonchev–Trinajstić information content (AvgIpc) is 2.63. The van der Waals surface area contributed by atoms with Crippen molar-refractivity contribution in [3.8, 4) is 11.6 Å². The Bertz CT molecular complexity index is 847. The van der Waals surface area contributed by atoms with Crippen molar-refractivity contribution >= 4 is 28.1 Å². The highest BCUT2D eigenvalue weighted by atomic mass is 79.9. The first-order valence-corrected chi connectivity index (χ1v) is 10.1. The molecule has 0 atom stereocenters. The van der Waals surface area contributed by atoms with Gasteiger partial charge < -0.3 is 14.4 Å². The largest absolute Gasteiger partial charge is 0.444 e. The van der Waals surface area contributed by atoms with Gasteiger partial charge in [0.2, 0.25) is 5.88 Å². The van der Waals surface area contributed by atoms with Gasteiger partial charge in [-0.05, 0) is 73.3 Å². The Morgan fingerprint density at radius 3 is 2.57 bits per heavy atom. The van der Waals surface area contributed by atoms with Crippen LogP contribution in [0.25, 0.3) is 6.08 Å². The van der Waals surface area contributed by atoms with Gasteiger partial charge >= 0.3 is 6.09 Å². The fourth-order valence-corrected chi connectivity index (χ4v) is 3.13. The van der Waals surface area contributed by atoms with Crippen LogP contribution >= 0.6 is 15.9 Å². The fraction of sp³-hybridized carbons (Fsp3) is 0.364. The van der Waals surface area contributed by atoms with Gasteiger partial charge in [-0.25, -0.2) is 9.78 Å². The number of pyridine rings is 1. The first-order valence-electron chi connectivity index (χ1n) is 9.35. The van der Waals surface area contributed by atoms with Crippen molar-refractivity contribution in [2.24, 2.45) is 0 Å². The molecule has 2 aromatic rings. The summed E-state index contributed by atoms with van der Waals surface area (Å²) in [5.41, 5.74) is 1.94. The van der Waals surface area contributed by atoms with Gasteiger partial charge in [-0.2, -0.15) is 0 Å². The standard InChI is InChI=1S/C22H25BrN2O3/c1-22(2,3)28-21(26)25-11-9-16(10-12-25)13-17-5-4-6-19(14-17)27-20-8-7-18(23)15-24-20/h4-8,13-15H,9-12H2,1-3H3. The third kappa shape index (κ3) is 6.09. The van der Waals surface area contributed by atoms with E-state index in [4.69, 9.17) is 9.47 Å². The number of benzene rings is 1. The Morgan fingerprint density at radius 2 is 1.93 bits per heavy atom. The van der Waals surface area contributed by atoms with Crippen molar-refractivity contribution < 1.29 is 14.3 Å². The molecule has 2 heterocycles. The summed E-state index contributed by atoms with van der Waals surface area (Å²) in [7, 11) is 0. The molecule has 1 amide bonds. The molecule has 1 saturated heterocycles. The molecule has 1 aromatic heterocycles. The van der Waals surface area contributed by atoms with Crippen LogP contribution in [-0.4, -0.2) is 34.7 Å². The van der Waals surface area contributed by atoms with Gasteiger partial charge in [0, 0.05) is 29.8 Å². The number of hydrogen-bond donors (Lipinski definition) is 0. The number of ether oxygens (including phenoxy) is 2. The Morgan fingerprint density at radius 1 is 1.18 bits per heavy atom. The van der Waals surface area contributed by atoms with E-state index < -0.39 is 5.60 Å². The van der Waals surface area contributed by atoms with E-state index in [1.807, 2.05) is 51.1 Å². The van der Waals surface area contributed by atoms with E-state index >= 15 is 0 Å². The number of aromatic nitrogens is 1. The van der Waals surface area contributed by atoms with Crippen LogP contribution in [0.2, 0.25) is 0 Å². The van der Waals surface area contributed by atoms with Gasteiger partial charge in [0.15, 0.2) is 0 Å². The number of carbonyl (C=O) groups is 1. The fourth-order valence-electron chi connectivity index (χ4n) is 2.89. The molecule has 1 aliphatic heterocycles. The maximum atomic E-state index is 12.2. The summed E-state index contributed by atoms with van der Waals surface area (Å²) < 4.78 is 12.2. The van der Waals surface area contributed by atoms with E-state index in [1.54, 1.807) is 11.1 Å². The highest BCUT2D eigenvalue weighted by Gasteiger charge is 2.24. The quantitative estimate of drug-likeness (QED) is 0.577. The number of halogens is 1. The van der Waals surface area contributed by atoms with Gasteiger partial charge in [-0.15, -0.1) is 0 Å². The molecule has 0 N–H and O–H groups in total. The number of nitrogens with zero attached hydrogens (tertiary/aromatic N) is 2. The van der Waals surface area contributed by atoms with Crippen LogP contribution in [0.4, 0.5) is 4.79 Å². The number of carbonyl (C=O) groups excluding carboxylic acids is 1. The second kappa shape index (κ2) is 8.78. The average molecular weight is 445 g/mol. The van der Waals surface area contributed by atoms with Crippen LogP contribution in [-0.2, 0) is 4.74 Å². The zero-order chi connectivity index (χ0) is 20.1. The van der Waals surface area contributed by atoms with Gasteiger partial charge in [-0.3, -0.25) is 0 Å². The summed E-state index contributed by atoms with van der Waals surface area (Å²) in [6.45, 7) is 7.02. The van der Waals surface area contributed by atoms with Crippen LogP contribution in [0.3, 0.4) is 0 Å². The lowest BCUT2D eigenvalue weighted by Crippen LogP contribution is -2.40. The van der Waals surface area contributed by atoms with Crippen molar-refractivity contribution in [1.82, 2.24) is 9.88 Å². The molecule has 3 rings (SSSR count). The van der Waals surface area contributed by atoms with Crippen LogP contribution in [0.1, 0.15) is 39.2 Å². The van der Waals surface area contributed by atoms with E-state index in [9.17, 15) is 4.79 Å². The molecule has 0 spiro atoms. The van der Waals surface area contributed by atoms with Crippen molar-refractivity contribution in [3.05, 3.63) is 58.2 Å². The predicted octanol–water partition coefficient (Wildman–Crippen LogP) is 6.05. The summed E-state index contributed by atoms with van der Waals surface area (Å²) >= 11 is 3.37. The number of likely N-dealkylation sites (tertiary alicyclic amines) is 1. The van der Waals surface area contributed by atoms with Gasteiger partial charge in [0.25, 0.3) is 0 Å². The molecule has 148 valence electrons. The third-order valence-corrected chi connectivity index (χ3v) is 4.68. The number of amides is 1. The van der Waals surface area contributed by atoms with Gasteiger partial charge in [0.1, 0.15) is 11.4 Å². The highest BCUT2D eigenvalue weighted by molar-refractivity contribution is 9.10. The molecule has 0 aliphatic carbocycles. The Labute approximate surface area is 174 Å². The minimum Gasteiger partial charge on any atom is -0.444 e. The summed E-state index contributed by atoms with van der Waals surface area (Å²) in [6, 6.07) is 11.6. The Balaban J connectivity index is 1.60. The third-order valence-electron chi connectivity index (χ3n) is 4.21. The summed E-state index contributed by atoms with van der Waals surface area (Å²) in [5, 5.41) is 0. The molecule has 0 radical (unpaired) electrons. The Kier molecular flexibility index (Phi) is 6.39.